The summed E-state index contributed by atoms with van der Waals surface area (Å²) in [6, 6.07) is 1.98. The summed E-state index contributed by atoms with van der Waals surface area (Å²) in [5, 5.41) is 0. The number of ether oxygens (including phenoxy) is 4. The maximum atomic E-state index is 13.2. The number of Topliss-reactive ketones (excluding diaryl/α,β-unsaturated/α-hetero) is 1. The number of fused-ring (bicyclic) bond motifs is 2. The molecule has 6 nitrogen and oxygen atoms in total. The smallest absolute Gasteiger partial charge is 0.194 e. The highest BCUT2D eigenvalue weighted by atomic mass is 16.7. The Hall–Kier alpha value is -1.47. The Labute approximate surface area is 160 Å². The highest BCUT2D eigenvalue weighted by Crippen LogP contribution is 2.60. The topological polar surface area (TPSA) is 67.1 Å². The van der Waals surface area contributed by atoms with E-state index in [-0.39, 0.29) is 30.5 Å². The first-order valence-corrected chi connectivity index (χ1v) is 9.39. The van der Waals surface area contributed by atoms with Crippen molar-refractivity contribution in [2.75, 3.05) is 27.1 Å². The van der Waals surface area contributed by atoms with E-state index in [2.05, 4.69) is 6.58 Å². The van der Waals surface area contributed by atoms with Gasteiger partial charge in [-0.1, -0.05) is 20.4 Å². The van der Waals surface area contributed by atoms with Crippen molar-refractivity contribution in [1.82, 2.24) is 0 Å². The maximum absolute atomic E-state index is 13.2. The van der Waals surface area contributed by atoms with Crippen LogP contribution in [0.2, 0.25) is 0 Å². The molecular formula is C21H30O6. The molecule has 2 saturated heterocycles. The molecule has 1 aromatic heterocycles. The van der Waals surface area contributed by atoms with E-state index >= 15 is 0 Å². The molecule has 0 unspecified atom stereocenters. The van der Waals surface area contributed by atoms with Crippen molar-refractivity contribution in [2.24, 2.45) is 5.92 Å². The van der Waals surface area contributed by atoms with Crippen LogP contribution in [0.1, 0.15) is 43.8 Å². The Morgan fingerprint density at radius 3 is 2.63 bits per heavy atom. The van der Waals surface area contributed by atoms with Crippen molar-refractivity contribution in [3.8, 4) is 0 Å². The third-order valence-corrected chi connectivity index (χ3v) is 6.16. The van der Waals surface area contributed by atoms with Crippen LogP contribution in [0.25, 0.3) is 0 Å². The van der Waals surface area contributed by atoms with Gasteiger partial charge < -0.3 is 23.4 Å². The molecule has 0 amide bonds. The van der Waals surface area contributed by atoms with Crippen molar-refractivity contribution < 1.29 is 28.2 Å². The first-order chi connectivity index (χ1) is 12.7. The lowest BCUT2D eigenvalue weighted by Crippen LogP contribution is -2.53. The number of hydrogen-bond donors (Lipinski definition) is 0. The molecular weight excluding hydrogens is 348 g/mol. The first kappa shape index (κ1) is 20.3. The third kappa shape index (κ3) is 2.90. The second kappa shape index (κ2) is 7.17. The number of ketones is 1. The molecule has 150 valence electrons. The minimum Gasteiger partial charge on any atom is -0.466 e. The Morgan fingerprint density at radius 1 is 1.33 bits per heavy atom. The van der Waals surface area contributed by atoms with Crippen LogP contribution in [0.15, 0.2) is 22.6 Å². The fraction of sp³-hybridized carbons (Fsp3) is 0.667. The van der Waals surface area contributed by atoms with Crippen molar-refractivity contribution >= 4 is 5.78 Å². The van der Waals surface area contributed by atoms with E-state index in [1.54, 1.807) is 7.11 Å². The van der Waals surface area contributed by atoms with Crippen LogP contribution >= 0.6 is 0 Å². The van der Waals surface area contributed by atoms with E-state index in [1.165, 1.54) is 0 Å². The van der Waals surface area contributed by atoms with Crippen LogP contribution in [0.5, 0.6) is 0 Å². The van der Waals surface area contributed by atoms with E-state index in [0.29, 0.717) is 18.8 Å². The molecule has 2 aliphatic heterocycles. The quantitative estimate of drug-likeness (QED) is 0.393. The molecule has 3 heterocycles. The van der Waals surface area contributed by atoms with E-state index in [1.807, 2.05) is 40.7 Å². The second-order valence-corrected chi connectivity index (χ2v) is 7.83. The predicted octanol–water partition coefficient (Wildman–Crippen LogP) is 3.31. The minimum absolute atomic E-state index is 0.0568. The van der Waals surface area contributed by atoms with E-state index < -0.39 is 11.2 Å². The first-order valence-electron chi connectivity index (χ1n) is 9.39. The Bertz CT molecular complexity index is 737. The highest BCUT2D eigenvalue weighted by Gasteiger charge is 2.73. The van der Waals surface area contributed by atoms with Crippen molar-refractivity contribution in [1.29, 1.82) is 0 Å². The molecule has 2 bridgehead atoms. The minimum atomic E-state index is -1.04. The molecule has 3 rings (SSSR count). The molecule has 0 N–H and O–H groups in total. The molecule has 2 fully saturated rings. The SMILES string of the molecule is C=C1C(=O)[C@@]2([C@@H](C)c3oc(C)cc3C)O[C@]1(C)[C@H](OCOCCOC)[C@H]2C. The number of carbonyl (C=O) groups is 1. The normalized spacial score (nSPS) is 33.9. The Morgan fingerprint density at radius 2 is 2.04 bits per heavy atom. The van der Waals surface area contributed by atoms with Crippen LogP contribution < -0.4 is 0 Å². The van der Waals surface area contributed by atoms with Crippen molar-refractivity contribution in [2.45, 2.75) is 57.8 Å². The molecule has 0 aromatic carbocycles. The molecule has 6 heteroatoms. The zero-order valence-electron chi connectivity index (χ0n) is 17.1. The van der Waals surface area contributed by atoms with Gasteiger partial charge in [0.1, 0.15) is 29.5 Å². The van der Waals surface area contributed by atoms with E-state index in [0.717, 1.165) is 17.1 Å². The second-order valence-electron chi connectivity index (χ2n) is 7.83. The van der Waals surface area contributed by atoms with Gasteiger partial charge in [0, 0.05) is 18.6 Å². The van der Waals surface area contributed by atoms with Crippen LogP contribution in [-0.4, -0.2) is 50.2 Å². The summed E-state index contributed by atoms with van der Waals surface area (Å²) < 4.78 is 28.8. The summed E-state index contributed by atoms with van der Waals surface area (Å²) in [5.74, 6) is 1.12. The summed E-state index contributed by atoms with van der Waals surface area (Å²) in [6.07, 6.45) is -0.330. The number of rotatable bonds is 8. The van der Waals surface area contributed by atoms with E-state index in [4.69, 9.17) is 23.4 Å². The van der Waals surface area contributed by atoms with Crippen molar-refractivity contribution in [3.63, 3.8) is 0 Å². The van der Waals surface area contributed by atoms with Crippen molar-refractivity contribution in [3.05, 3.63) is 35.3 Å². The van der Waals surface area contributed by atoms with Gasteiger partial charge in [0.25, 0.3) is 0 Å². The number of hydrogen-bond acceptors (Lipinski definition) is 6. The average Bonchev–Trinajstić information content (AvgIpc) is 3.15. The summed E-state index contributed by atoms with van der Waals surface area (Å²) in [6.45, 7) is 14.8. The fourth-order valence-corrected chi connectivity index (χ4v) is 4.74. The molecule has 0 aliphatic carbocycles. The molecule has 0 spiro atoms. The standard InChI is InChI=1S/C21H30O6/c1-12-10-13(2)26-17(12)14(3)21-16(5)19(25-11-24-9-8-23-7)20(6,27-21)15(4)18(21)22/h10,14,16,19H,4,8-9,11H2,1-3,5-7H3/t14-,16+,19+,20-,21-/m0/s1. The summed E-state index contributed by atoms with van der Waals surface area (Å²) >= 11 is 0. The zero-order valence-corrected chi connectivity index (χ0v) is 17.1. The predicted molar refractivity (Wildman–Crippen MR) is 99.7 cm³/mol. The van der Waals surface area contributed by atoms with Crippen LogP contribution in [0.3, 0.4) is 0 Å². The van der Waals surface area contributed by atoms with Gasteiger partial charge in [-0.05, 0) is 32.4 Å². The van der Waals surface area contributed by atoms with Gasteiger partial charge in [0.15, 0.2) is 5.78 Å². The lowest BCUT2D eigenvalue weighted by molar-refractivity contribution is -0.137. The van der Waals surface area contributed by atoms with Gasteiger partial charge in [-0.2, -0.15) is 0 Å². The molecule has 2 aliphatic rings. The number of carbonyl (C=O) groups excluding carboxylic acids is 1. The summed E-state index contributed by atoms with van der Waals surface area (Å²) in [4.78, 5) is 13.2. The number of aryl methyl sites for hydroxylation is 2. The van der Waals surface area contributed by atoms with Gasteiger partial charge in [-0.25, -0.2) is 0 Å². The van der Waals surface area contributed by atoms with Gasteiger partial charge in [0.2, 0.25) is 0 Å². The van der Waals surface area contributed by atoms with E-state index in [9.17, 15) is 4.79 Å². The number of methoxy groups -OCH3 is 1. The average molecular weight is 378 g/mol. The molecule has 0 saturated carbocycles. The van der Waals surface area contributed by atoms with Gasteiger partial charge in [-0.15, -0.1) is 0 Å². The summed E-state index contributed by atoms with van der Waals surface area (Å²) in [5.41, 5.74) is -0.442. The lowest BCUT2D eigenvalue weighted by atomic mass is 9.65. The van der Waals surface area contributed by atoms with Crippen LogP contribution in [0, 0.1) is 19.8 Å². The highest BCUT2D eigenvalue weighted by molar-refractivity contribution is 6.07. The lowest BCUT2D eigenvalue weighted by Gasteiger charge is -2.38. The molecule has 5 atom stereocenters. The van der Waals surface area contributed by atoms with Gasteiger partial charge in [0.05, 0.1) is 25.2 Å². The number of furan rings is 1. The van der Waals surface area contributed by atoms with Crippen LogP contribution in [-0.2, 0) is 23.7 Å². The molecule has 1 aromatic rings. The zero-order chi connectivity index (χ0) is 20.0. The largest absolute Gasteiger partial charge is 0.466 e. The maximum Gasteiger partial charge on any atom is 0.194 e. The van der Waals surface area contributed by atoms with Gasteiger partial charge >= 0.3 is 0 Å². The third-order valence-electron chi connectivity index (χ3n) is 6.16. The van der Waals surface area contributed by atoms with Crippen LogP contribution in [0.4, 0.5) is 0 Å². The Kier molecular flexibility index (Phi) is 5.38. The molecule has 27 heavy (non-hydrogen) atoms. The fourth-order valence-electron chi connectivity index (χ4n) is 4.74. The molecule has 0 radical (unpaired) electrons. The monoisotopic (exact) mass is 378 g/mol. The summed E-state index contributed by atoms with van der Waals surface area (Å²) in [7, 11) is 1.62. The van der Waals surface area contributed by atoms with Gasteiger partial charge in [-0.3, -0.25) is 4.79 Å². The Balaban J connectivity index is 1.87.